The van der Waals surface area contributed by atoms with Crippen molar-refractivity contribution in [3.8, 4) is 0 Å². The number of hydrogen-bond donors (Lipinski definition) is 2. The Labute approximate surface area is 102 Å². The first-order chi connectivity index (χ1) is 8.15. The Balaban J connectivity index is 2.10. The molecule has 3 N–H and O–H groups in total. The highest BCUT2D eigenvalue weighted by Crippen LogP contribution is 2.48. The highest BCUT2D eigenvalue weighted by Gasteiger charge is 2.40. The summed E-state index contributed by atoms with van der Waals surface area (Å²) in [5.74, 6) is -0.261. The van der Waals surface area contributed by atoms with Crippen LogP contribution in [0.5, 0.6) is 0 Å². The van der Waals surface area contributed by atoms with Crippen molar-refractivity contribution in [2.24, 2.45) is 11.1 Å². The molecule has 0 amide bonds. The van der Waals surface area contributed by atoms with Crippen LogP contribution in [0.25, 0.3) is 0 Å². The molecule has 1 saturated carbocycles. The first kappa shape index (κ1) is 12.1. The minimum Gasteiger partial charge on any atom is -0.481 e. The lowest BCUT2D eigenvalue weighted by Gasteiger charge is -2.25. The van der Waals surface area contributed by atoms with E-state index >= 15 is 0 Å². The summed E-state index contributed by atoms with van der Waals surface area (Å²) >= 11 is 0. The van der Waals surface area contributed by atoms with Crippen LogP contribution in [-0.2, 0) is 4.79 Å². The van der Waals surface area contributed by atoms with Crippen LogP contribution in [0, 0.1) is 5.41 Å². The second kappa shape index (κ2) is 4.88. The van der Waals surface area contributed by atoms with E-state index in [1.54, 1.807) is 0 Å². The summed E-state index contributed by atoms with van der Waals surface area (Å²) in [6, 6.07) is 10.3. The average molecular weight is 233 g/mol. The minimum atomic E-state index is -0.732. The van der Waals surface area contributed by atoms with Gasteiger partial charge >= 0.3 is 5.97 Å². The molecular weight excluding hydrogens is 214 g/mol. The molecule has 0 bridgehead atoms. The third kappa shape index (κ3) is 2.67. The molecule has 92 valence electrons. The van der Waals surface area contributed by atoms with E-state index in [0.717, 1.165) is 19.3 Å². The lowest BCUT2D eigenvalue weighted by Crippen LogP contribution is -2.30. The predicted molar refractivity (Wildman–Crippen MR) is 66.8 cm³/mol. The highest BCUT2D eigenvalue weighted by molar-refractivity contribution is 5.67. The van der Waals surface area contributed by atoms with Crippen molar-refractivity contribution in [3.63, 3.8) is 0 Å². The van der Waals surface area contributed by atoms with Gasteiger partial charge in [0.15, 0.2) is 0 Å². The molecule has 1 aliphatic rings. The Kier molecular flexibility index (Phi) is 3.48. The van der Waals surface area contributed by atoms with E-state index < -0.39 is 5.97 Å². The molecule has 0 spiro atoms. The number of hydrogen-bond acceptors (Lipinski definition) is 2. The van der Waals surface area contributed by atoms with Crippen LogP contribution >= 0.6 is 0 Å². The number of carboxylic acid groups (broad SMARTS) is 1. The molecule has 0 radical (unpaired) electrons. The van der Waals surface area contributed by atoms with Gasteiger partial charge in [-0.05, 0) is 42.7 Å². The molecule has 0 heterocycles. The molecule has 0 aliphatic heterocycles. The van der Waals surface area contributed by atoms with Crippen LogP contribution < -0.4 is 5.73 Å². The molecule has 1 aromatic rings. The van der Waals surface area contributed by atoms with Crippen molar-refractivity contribution < 1.29 is 9.90 Å². The number of nitrogens with two attached hydrogens (primary N) is 1. The predicted octanol–water partition coefficient (Wildman–Crippen LogP) is 2.37. The highest BCUT2D eigenvalue weighted by atomic mass is 16.4. The second-order valence-electron chi connectivity index (χ2n) is 5.13. The smallest absolute Gasteiger partial charge is 0.303 e. The average Bonchev–Trinajstić information content (AvgIpc) is 2.74. The van der Waals surface area contributed by atoms with Crippen LogP contribution in [0.3, 0.4) is 0 Å². The third-order valence-electron chi connectivity index (χ3n) is 3.93. The van der Waals surface area contributed by atoms with Gasteiger partial charge in [-0.2, -0.15) is 0 Å². The Morgan fingerprint density at radius 3 is 2.71 bits per heavy atom. The molecule has 0 unspecified atom stereocenters. The van der Waals surface area contributed by atoms with Crippen LogP contribution in [0.1, 0.15) is 37.2 Å². The summed E-state index contributed by atoms with van der Waals surface area (Å²) in [5.41, 5.74) is 6.92. The minimum absolute atomic E-state index is 0.188. The van der Waals surface area contributed by atoms with Crippen molar-refractivity contribution in [2.45, 2.75) is 31.6 Å². The van der Waals surface area contributed by atoms with E-state index in [1.165, 1.54) is 5.56 Å². The largest absolute Gasteiger partial charge is 0.481 e. The van der Waals surface area contributed by atoms with Crippen LogP contribution in [0.4, 0.5) is 0 Å². The molecule has 2 rings (SSSR count). The molecule has 1 aromatic carbocycles. The maximum Gasteiger partial charge on any atom is 0.303 e. The van der Waals surface area contributed by atoms with E-state index in [-0.39, 0.29) is 11.8 Å². The van der Waals surface area contributed by atoms with E-state index in [9.17, 15) is 4.79 Å². The summed E-state index contributed by atoms with van der Waals surface area (Å²) in [4.78, 5) is 10.9. The van der Waals surface area contributed by atoms with E-state index in [0.29, 0.717) is 12.5 Å². The van der Waals surface area contributed by atoms with Gasteiger partial charge in [-0.25, -0.2) is 0 Å². The standard InChI is InChI=1S/C14H19NO2/c15-10-14(9-13(16)17)7-6-12(8-14)11-4-2-1-3-5-11/h1-5,12H,6-10,15H2,(H,16,17)/t12-,14-/m1/s1. The van der Waals surface area contributed by atoms with Crippen molar-refractivity contribution in [1.29, 1.82) is 0 Å². The summed E-state index contributed by atoms with van der Waals surface area (Å²) in [6.07, 6.45) is 3.08. The number of carboxylic acids is 1. The summed E-state index contributed by atoms with van der Waals surface area (Å²) in [7, 11) is 0. The Morgan fingerprint density at radius 1 is 1.41 bits per heavy atom. The lowest BCUT2D eigenvalue weighted by atomic mass is 9.81. The van der Waals surface area contributed by atoms with Gasteiger partial charge in [0.2, 0.25) is 0 Å². The van der Waals surface area contributed by atoms with Gasteiger partial charge in [0.25, 0.3) is 0 Å². The maximum atomic E-state index is 10.9. The zero-order valence-electron chi connectivity index (χ0n) is 9.93. The fourth-order valence-corrected chi connectivity index (χ4v) is 2.96. The van der Waals surface area contributed by atoms with Crippen molar-refractivity contribution in [1.82, 2.24) is 0 Å². The summed E-state index contributed by atoms with van der Waals surface area (Å²) < 4.78 is 0. The van der Waals surface area contributed by atoms with Crippen molar-refractivity contribution >= 4 is 5.97 Å². The van der Waals surface area contributed by atoms with E-state index in [1.807, 2.05) is 18.2 Å². The number of benzene rings is 1. The maximum absolute atomic E-state index is 10.9. The number of carbonyl (C=O) groups is 1. The summed E-state index contributed by atoms with van der Waals surface area (Å²) in [5, 5.41) is 8.97. The van der Waals surface area contributed by atoms with E-state index in [2.05, 4.69) is 12.1 Å². The fourth-order valence-electron chi connectivity index (χ4n) is 2.96. The topological polar surface area (TPSA) is 63.3 Å². The van der Waals surface area contributed by atoms with Gasteiger partial charge in [0, 0.05) is 0 Å². The Bertz CT molecular complexity index is 390. The molecule has 0 saturated heterocycles. The van der Waals surface area contributed by atoms with Crippen molar-refractivity contribution in [3.05, 3.63) is 35.9 Å². The zero-order chi connectivity index (χ0) is 12.3. The Morgan fingerprint density at radius 2 is 2.12 bits per heavy atom. The van der Waals surface area contributed by atoms with Gasteiger partial charge in [0.05, 0.1) is 6.42 Å². The molecular formula is C14H19NO2. The van der Waals surface area contributed by atoms with Crippen LogP contribution in [0.15, 0.2) is 30.3 Å². The van der Waals surface area contributed by atoms with E-state index in [4.69, 9.17) is 10.8 Å². The third-order valence-corrected chi connectivity index (χ3v) is 3.93. The fraction of sp³-hybridized carbons (Fsp3) is 0.500. The van der Waals surface area contributed by atoms with Gasteiger partial charge in [-0.15, -0.1) is 0 Å². The molecule has 2 atom stereocenters. The number of rotatable bonds is 4. The second-order valence-corrected chi connectivity index (χ2v) is 5.13. The lowest BCUT2D eigenvalue weighted by molar-refractivity contribution is -0.139. The molecule has 17 heavy (non-hydrogen) atoms. The van der Waals surface area contributed by atoms with Crippen LogP contribution in [0.2, 0.25) is 0 Å². The SMILES string of the molecule is NC[C@]1(CC(=O)O)CC[C@@H](c2ccccc2)C1. The first-order valence-corrected chi connectivity index (χ1v) is 6.12. The van der Waals surface area contributed by atoms with Gasteiger partial charge < -0.3 is 10.8 Å². The van der Waals surface area contributed by atoms with Gasteiger partial charge in [0.1, 0.15) is 0 Å². The van der Waals surface area contributed by atoms with Gasteiger partial charge in [-0.3, -0.25) is 4.79 Å². The zero-order valence-corrected chi connectivity index (χ0v) is 9.93. The first-order valence-electron chi connectivity index (χ1n) is 6.12. The molecule has 1 aliphatic carbocycles. The normalized spacial score (nSPS) is 28.2. The monoisotopic (exact) mass is 233 g/mol. The molecule has 3 nitrogen and oxygen atoms in total. The van der Waals surface area contributed by atoms with Gasteiger partial charge in [-0.1, -0.05) is 30.3 Å². The summed E-state index contributed by atoms with van der Waals surface area (Å²) in [6.45, 7) is 0.475. The van der Waals surface area contributed by atoms with Crippen LogP contribution in [-0.4, -0.2) is 17.6 Å². The van der Waals surface area contributed by atoms with Crippen molar-refractivity contribution in [2.75, 3.05) is 6.54 Å². The molecule has 1 fully saturated rings. The quantitative estimate of drug-likeness (QED) is 0.839. The molecule has 0 aromatic heterocycles. The number of aliphatic carboxylic acids is 1. The Hall–Kier alpha value is -1.35. The molecule has 3 heteroatoms.